The van der Waals surface area contributed by atoms with E-state index in [2.05, 4.69) is 5.32 Å². The van der Waals surface area contributed by atoms with Crippen LogP contribution in [0.1, 0.15) is 37.7 Å². The van der Waals surface area contributed by atoms with E-state index < -0.39 is 11.5 Å². The molecule has 1 saturated carbocycles. The second kappa shape index (κ2) is 7.94. The fraction of sp³-hybridized carbons (Fsp3) is 0.529. The zero-order valence-electron chi connectivity index (χ0n) is 12.7. The third-order valence-corrected chi connectivity index (χ3v) is 4.07. The van der Waals surface area contributed by atoms with Crippen LogP contribution in [0.4, 0.5) is 0 Å². The molecule has 120 valence electrons. The molecule has 0 bridgehead atoms. The second-order valence-corrected chi connectivity index (χ2v) is 5.89. The van der Waals surface area contributed by atoms with Crippen LogP contribution in [0.2, 0.25) is 0 Å². The maximum absolute atomic E-state index is 12.0. The minimum absolute atomic E-state index is 0.0112. The number of rotatable bonds is 8. The van der Waals surface area contributed by atoms with Gasteiger partial charge in [-0.2, -0.15) is 0 Å². The highest BCUT2D eigenvalue weighted by Crippen LogP contribution is 2.32. The van der Waals surface area contributed by atoms with Crippen LogP contribution in [0, 0.1) is 0 Å². The molecule has 1 amide bonds. The van der Waals surface area contributed by atoms with Crippen LogP contribution in [0.25, 0.3) is 0 Å². The van der Waals surface area contributed by atoms with E-state index in [4.69, 9.17) is 9.84 Å². The summed E-state index contributed by atoms with van der Waals surface area (Å²) >= 11 is 0. The number of carbonyl (C=O) groups is 2. The molecule has 0 heterocycles. The Balaban J connectivity index is 1.71. The van der Waals surface area contributed by atoms with E-state index in [0.29, 0.717) is 6.61 Å². The summed E-state index contributed by atoms with van der Waals surface area (Å²) in [6.07, 6.45) is 4.13. The van der Waals surface area contributed by atoms with E-state index in [1.165, 1.54) is 5.56 Å². The minimum atomic E-state index is -0.868. The Kier molecular flexibility index (Phi) is 5.95. The molecule has 0 radical (unpaired) electrons. The molecule has 0 atom stereocenters. The zero-order valence-corrected chi connectivity index (χ0v) is 12.7. The summed E-state index contributed by atoms with van der Waals surface area (Å²) in [5.74, 6) is -1.09. The van der Waals surface area contributed by atoms with Gasteiger partial charge in [-0.05, 0) is 24.8 Å². The lowest BCUT2D eigenvalue weighted by atomic mass is 9.93. The van der Waals surface area contributed by atoms with E-state index in [0.717, 1.165) is 32.1 Å². The summed E-state index contributed by atoms with van der Waals surface area (Å²) in [6.45, 7) is 0.456. The van der Waals surface area contributed by atoms with Gasteiger partial charge in [-0.25, -0.2) is 0 Å². The molecule has 1 aliphatic carbocycles. The molecule has 2 rings (SSSR count). The van der Waals surface area contributed by atoms with Crippen molar-refractivity contribution in [3.63, 3.8) is 0 Å². The number of hydrogen-bond donors (Lipinski definition) is 2. The van der Waals surface area contributed by atoms with Crippen LogP contribution in [-0.4, -0.2) is 35.7 Å². The van der Waals surface area contributed by atoms with E-state index in [1.54, 1.807) is 0 Å². The van der Waals surface area contributed by atoms with Crippen molar-refractivity contribution in [3.05, 3.63) is 35.9 Å². The number of ether oxygens (including phenoxy) is 1. The van der Waals surface area contributed by atoms with Crippen molar-refractivity contribution in [2.24, 2.45) is 0 Å². The van der Waals surface area contributed by atoms with Gasteiger partial charge in [-0.15, -0.1) is 0 Å². The van der Waals surface area contributed by atoms with Crippen LogP contribution in [0.3, 0.4) is 0 Å². The normalized spacial score (nSPS) is 16.4. The van der Waals surface area contributed by atoms with Gasteiger partial charge >= 0.3 is 5.97 Å². The molecule has 22 heavy (non-hydrogen) atoms. The lowest BCUT2D eigenvalue weighted by molar-refractivity contribution is -0.139. The summed E-state index contributed by atoms with van der Waals surface area (Å²) in [5, 5.41) is 11.9. The largest absolute Gasteiger partial charge is 0.481 e. The summed E-state index contributed by atoms with van der Waals surface area (Å²) in [4.78, 5) is 22.9. The van der Waals surface area contributed by atoms with Crippen molar-refractivity contribution < 1.29 is 19.4 Å². The maximum Gasteiger partial charge on any atom is 0.305 e. The molecule has 0 aromatic heterocycles. The third kappa shape index (κ3) is 5.15. The van der Waals surface area contributed by atoms with Crippen molar-refractivity contribution in [2.45, 2.75) is 44.1 Å². The molecule has 0 aliphatic heterocycles. The number of carboxylic acid groups (broad SMARTS) is 1. The SMILES string of the molecule is O=C(O)CC1(NC(=O)COCCc2ccccc2)CCCC1. The van der Waals surface area contributed by atoms with E-state index in [9.17, 15) is 9.59 Å². The fourth-order valence-corrected chi connectivity index (χ4v) is 3.02. The number of hydrogen-bond acceptors (Lipinski definition) is 3. The molecular weight excluding hydrogens is 282 g/mol. The van der Waals surface area contributed by atoms with Crippen LogP contribution in [0.5, 0.6) is 0 Å². The van der Waals surface area contributed by atoms with Crippen LogP contribution in [-0.2, 0) is 20.7 Å². The number of aliphatic carboxylic acids is 1. The highest BCUT2D eigenvalue weighted by Gasteiger charge is 2.37. The molecule has 0 spiro atoms. The smallest absolute Gasteiger partial charge is 0.305 e. The standard InChI is InChI=1S/C17H23NO4/c19-15(13-22-11-8-14-6-2-1-3-7-14)18-17(12-16(20)21)9-4-5-10-17/h1-3,6-7H,4-5,8-13H2,(H,18,19)(H,20,21). The number of carboxylic acids is 1. The Labute approximate surface area is 130 Å². The average Bonchev–Trinajstić information content (AvgIpc) is 2.92. The van der Waals surface area contributed by atoms with Crippen LogP contribution >= 0.6 is 0 Å². The number of nitrogens with one attached hydrogen (secondary N) is 1. The summed E-state index contributed by atoms with van der Waals surface area (Å²) < 4.78 is 5.40. The minimum Gasteiger partial charge on any atom is -0.481 e. The van der Waals surface area contributed by atoms with Crippen molar-refractivity contribution in [1.29, 1.82) is 0 Å². The molecule has 5 heteroatoms. The van der Waals surface area contributed by atoms with Gasteiger partial charge in [0.2, 0.25) is 5.91 Å². The Morgan fingerprint density at radius 1 is 1.18 bits per heavy atom. The van der Waals surface area contributed by atoms with Gasteiger partial charge in [0, 0.05) is 0 Å². The Morgan fingerprint density at radius 3 is 2.50 bits per heavy atom. The highest BCUT2D eigenvalue weighted by atomic mass is 16.5. The predicted octanol–water partition coefficient (Wildman–Crippen LogP) is 2.15. The molecule has 5 nitrogen and oxygen atoms in total. The Morgan fingerprint density at radius 2 is 1.86 bits per heavy atom. The van der Waals surface area contributed by atoms with Crippen molar-refractivity contribution >= 4 is 11.9 Å². The van der Waals surface area contributed by atoms with E-state index in [1.807, 2.05) is 30.3 Å². The first-order valence-electron chi connectivity index (χ1n) is 7.74. The fourth-order valence-electron chi connectivity index (χ4n) is 3.02. The lowest BCUT2D eigenvalue weighted by Crippen LogP contribution is -2.49. The first kappa shape index (κ1) is 16.5. The van der Waals surface area contributed by atoms with E-state index >= 15 is 0 Å². The van der Waals surface area contributed by atoms with Crippen LogP contribution < -0.4 is 5.32 Å². The molecule has 0 saturated heterocycles. The monoisotopic (exact) mass is 305 g/mol. The first-order valence-corrected chi connectivity index (χ1v) is 7.74. The Hall–Kier alpha value is -1.88. The molecule has 1 aliphatic rings. The summed E-state index contributed by atoms with van der Waals surface area (Å²) in [7, 11) is 0. The topological polar surface area (TPSA) is 75.6 Å². The average molecular weight is 305 g/mol. The molecule has 1 aromatic rings. The van der Waals surface area contributed by atoms with Gasteiger partial charge in [0.05, 0.1) is 18.6 Å². The van der Waals surface area contributed by atoms with Gasteiger partial charge in [-0.3, -0.25) is 9.59 Å². The Bertz CT molecular complexity index is 495. The molecule has 2 N–H and O–H groups in total. The number of benzene rings is 1. The van der Waals surface area contributed by atoms with Crippen LogP contribution in [0.15, 0.2) is 30.3 Å². The second-order valence-electron chi connectivity index (χ2n) is 5.89. The molecular formula is C17H23NO4. The molecule has 1 fully saturated rings. The molecule has 0 unspecified atom stereocenters. The van der Waals surface area contributed by atoms with Gasteiger partial charge in [0.1, 0.15) is 6.61 Å². The lowest BCUT2D eigenvalue weighted by Gasteiger charge is -2.28. The molecule has 1 aromatic carbocycles. The predicted molar refractivity (Wildman–Crippen MR) is 82.6 cm³/mol. The number of amides is 1. The van der Waals surface area contributed by atoms with Gasteiger partial charge < -0.3 is 15.2 Å². The summed E-state index contributed by atoms with van der Waals surface area (Å²) in [6, 6.07) is 9.94. The van der Waals surface area contributed by atoms with Gasteiger partial charge in [0.25, 0.3) is 0 Å². The van der Waals surface area contributed by atoms with Crippen molar-refractivity contribution in [3.8, 4) is 0 Å². The summed E-state index contributed by atoms with van der Waals surface area (Å²) in [5.41, 5.74) is 0.590. The number of carbonyl (C=O) groups excluding carboxylic acids is 1. The third-order valence-electron chi connectivity index (χ3n) is 4.07. The quantitative estimate of drug-likeness (QED) is 0.722. The zero-order chi connectivity index (χ0) is 15.8. The van der Waals surface area contributed by atoms with Crippen molar-refractivity contribution in [1.82, 2.24) is 5.32 Å². The maximum atomic E-state index is 12.0. The van der Waals surface area contributed by atoms with Gasteiger partial charge in [-0.1, -0.05) is 43.2 Å². The highest BCUT2D eigenvalue weighted by molar-refractivity contribution is 5.79. The van der Waals surface area contributed by atoms with E-state index in [-0.39, 0.29) is 18.9 Å². The van der Waals surface area contributed by atoms with Crippen molar-refractivity contribution in [2.75, 3.05) is 13.2 Å². The first-order chi connectivity index (χ1) is 10.6. The van der Waals surface area contributed by atoms with Gasteiger partial charge in [0.15, 0.2) is 0 Å².